The highest BCUT2D eigenvalue weighted by Crippen LogP contribution is 2.30. The lowest BCUT2D eigenvalue weighted by Crippen LogP contribution is -2.42. The van der Waals surface area contributed by atoms with Crippen LogP contribution in [0.25, 0.3) is 0 Å². The number of carbonyl (C=O) groups is 2. The number of esters is 1. The second kappa shape index (κ2) is 11.0. The van der Waals surface area contributed by atoms with E-state index in [-0.39, 0.29) is 23.4 Å². The minimum atomic E-state index is -4.09. The fraction of sp³-hybridized carbons (Fsp3) is 0.231. The molecular formula is C26H26N4O6S. The van der Waals surface area contributed by atoms with Gasteiger partial charge in [-0.2, -0.15) is 14.5 Å². The van der Waals surface area contributed by atoms with E-state index in [0.29, 0.717) is 16.4 Å². The second-order valence-electron chi connectivity index (χ2n) is 8.55. The molecular weight excluding hydrogens is 496 g/mol. The van der Waals surface area contributed by atoms with Crippen LogP contribution >= 0.6 is 0 Å². The fourth-order valence-corrected chi connectivity index (χ4v) is 5.63. The lowest BCUT2D eigenvalue weighted by atomic mass is 10.1. The number of carbonyl (C=O) groups excluding carboxylic acids is 2. The number of rotatable bonds is 7. The Labute approximate surface area is 214 Å². The molecule has 0 radical (unpaired) electrons. The molecule has 2 atom stereocenters. The lowest BCUT2D eigenvalue weighted by Gasteiger charge is -2.23. The summed E-state index contributed by atoms with van der Waals surface area (Å²) in [7, 11) is -2.93. The van der Waals surface area contributed by atoms with Crippen molar-refractivity contribution in [2.24, 2.45) is 10.2 Å². The molecule has 1 aliphatic heterocycles. The highest BCUT2D eigenvalue weighted by molar-refractivity contribution is 7.89. The number of hydrogen-bond donors (Lipinski definition) is 1. The summed E-state index contributed by atoms with van der Waals surface area (Å²) in [5.74, 6) is -1.51. The van der Waals surface area contributed by atoms with Gasteiger partial charge in [0, 0.05) is 12.1 Å². The summed E-state index contributed by atoms with van der Waals surface area (Å²) in [6, 6.07) is 19.3. The molecule has 4 rings (SSSR count). The number of hydrogen-bond acceptors (Lipinski definition) is 8. The molecule has 3 aromatic rings. The lowest BCUT2D eigenvalue weighted by molar-refractivity contribution is -0.144. The van der Waals surface area contributed by atoms with Crippen molar-refractivity contribution in [1.82, 2.24) is 9.37 Å². The van der Waals surface area contributed by atoms with Gasteiger partial charge in [0.05, 0.1) is 29.4 Å². The Hall–Kier alpha value is -3.93. The first-order chi connectivity index (χ1) is 17.7. The summed E-state index contributed by atoms with van der Waals surface area (Å²) in [6.45, 7) is 1.55. The molecule has 0 spiro atoms. The van der Waals surface area contributed by atoms with Gasteiger partial charge in [-0.3, -0.25) is 14.8 Å². The maximum Gasteiger partial charge on any atom is 0.324 e. The number of aryl methyl sites for hydroxylation is 1. The van der Waals surface area contributed by atoms with E-state index in [9.17, 15) is 23.2 Å². The van der Waals surface area contributed by atoms with Gasteiger partial charge in [-0.05, 0) is 61.9 Å². The summed E-state index contributed by atoms with van der Waals surface area (Å²) in [5, 5.41) is 19.4. The van der Waals surface area contributed by atoms with Crippen molar-refractivity contribution in [3.8, 4) is 0 Å². The number of methoxy groups -OCH3 is 1. The fourth-order valence-electron chi connectivity index (χ4n) is 4.00. The third-order valence-corrected chi connectivity index (χ3v) is 7.93. The van der Waals surface area contributed by atoms with E-state index in [1.807, 2.05) is 25.1 Å². The SMILES string of the molecule is COC(=O)[C@@H]1C[C@H](N(O)C(=O)c2ccc(N=Nc3ccccc3)cc2)CN1S(=O)(=O)c1ccc(C)cc1. The van der Waals surface area contributed by atoms with E-state index >= 15 is 0 Å². The molecule has 1 saturated heterocycles. The van der Waals surface area contributed by atoms with Crippen LogP contribution in [0.4, 0.5) is 11.4 Å². The first kappa shape index (κ1) is 26.1. The predicted octanol–water partition coefficient (Wildman–Crippen LogP) is 4.25. The van der Waals surface area contributed by atoms with Crippen LogP contribution in [0.1, 0.15) is 22.3 Å². The summed E-state index contributed by atoms with van der Waals surface area (Å²) in [6.07, 6.45) is -0.122. The van der Waals surface area contributed by atoms with Crippen LogP contribution in [0.2, 0.25) is 0 Å². The van der Waals surface area contributed by atoms with Gasteiger partial charge in [-0.15, -0.1) is 0 Å². The number of azo groups is 1. The maximum atomic E-state index is 13.3. The Balaban J connectivity index is 1.51. The van der Waals surface area contributed by atoms with Gasteiger partial charge >= 0.3 is 5.97 Å². The minimum Gasteiger partial charge on any atom is -0.468 e. The normalized spacial score (nSPS) is 18.1. The highest BCUT2D eigenvalue weighted by atomic mass is 32.2. The molecule has 3 aromatic carbocycles. The summed E-state index contributed by atoms with van der Waals surface area (Å²) >= 11 is 0. The van der Waals surface area contributed by atoms with Gasteiger partial charge in [0.1, 0.15) is 6.04 Å². The van der Waals surface area contributed by atoms with Crippen LogP contribution in [0, 0.1) is 6.92 Å². The van der Waals surface area contributed by atoms with E-state index in [0.717, 1.165) is 17.0 Å². The predicted molar refractivity (Wildman–Crippen MR) is 134 cm³/mol. The third-order valence-electron chi connectivity index (χ3n) is 6.04. The zero-order valence-electron chi connectivity index (χ0n) is 20.3. The van der Waals surface area contributed by atoms with Crippen LogP contribution in [-0.2, 0) is 19.6 Å². The quantitative estimate of drug-likeness (QED) is 0.214. The van der Waals surface area contributed by atoms with E-state index in [4.69, 9.17) is 4.74 Å². The van der Waals surface area contributed by atoms with Crippen molar-refractivity contribution < 1.29 is 28.0 Å². The van der Waals surface area contributed by atoms with Gasteiger partial charge in [0.15, 0.2) is 0 Å². The number of ether oxygens (including phenoxy) is 1. The molecule has 1 aliphatic rings. The van der Waals surface area contributed by atoms with Crippen molar-refractivity contribution in [2.75, 3.05) is 13.7 Å². The van der Waals surface area contributed by atoms with Crippen molar-refractivity contribution in [3.05, 3.63) is 90.0 Å². The van der Waals surface area contributed by atoms with E-state index in [1.165, 1.54) is 24.3 Å². The van der Waals surface area contributed by atoms with Crippen LogP contribution in [0.5, 0.6) is 0 Å². The molecule has 0 aliphatic carbocycles. The van der Waals surface area contributed by atoms with Crippen molar-refractivity contribution in [1.29, 1.82) is 0 Å². The molecule has 0 aromatic heterocycles. The molecule has 1 fully saturated rings. The van der Waals surface area contributed by atoms with Gasteiger partial charge in [0.2, 0.25) is 10.0 Å². The highest BCUT2D eigenvalue weighted by Gasteiger charge is 2.47. The van der Waals surface area contributed by atoms with Gasteiger partial charge in [-0.25, -0.2) is 13.5 Å². The average Bonchev–Trinajstić information content (AvgIpc) is 3.38. The Bertz CT molecular complexity index is 1390. The molecule has 192 valence electrons. The standard InChI is InChI=1S/C26H26N4O6S/c1-18-8-14-23(15-9-18)37(34,35)29-17-22(16-24(29)26(32)36-2)30(33)25(31)19-10-12-21(13-11-19)28-27-20-6-4-3-5-7-20/h3-15,22,24,33H,16-17H2,1-2H3/t22-,24-/m0/s1. The number of sulfonamides is 1. The number of benzene rings is 3. The summed E-state index contributed by atoms with van der Waals surface area (Å²) in [5.41, 5.74) is 2.22. The van der Waals surface area contributed by atoms with Crippen molar-refractivity contribution in [3.63, 3.8) is 0 Å². The Kier molecular flexibility index (Phi) is 7.77. The zero-order chi connectivity index (χ0) is 26.6. The molecule has 11 heteroatoms. The minimum absolute atomic E-state index is 0.00345. The Morgan fingerprint density at radius 1 is 0.946 bits per heavy atom. The average molecular weight is 523 g/mol. The molecule has 1 amide bonds. The first-order valence-corrected chi connectivity index (χ1v) is 12.9. The molecule has 37 heavy (non-hydrogen) atoms. The van der Waals surface area contributed by atoms with Crippen LogP contribution in [0.3, 0.4) is 0 Å². The van der Waals surface area contributed by atoms with Crippen LogP contribution < -0.4 is 0 Å². The van der Waals surface area contributed by atoms with Gasteiger partial charge in [0.25, 0.3) is 5.91 Å². The monoisotopic (exact) mass is 522 g/mol. The maximum absolute atomic E-state index is 13.3. The van der Waals surface area contributed by atoms with Crippen molar-refractivity contribution in [2.45, 2.75) is 30.3 Å². The smallest absolute Gasteiger partial charge is 0.324 e. The largest absolute Gasteiger partial charge is 0.468 e. The van der Waals surface area contributed by atoms with E-state index in [1.54, 1.807) is 36.4 Å². The topological polar surface area (TPSA) is 129 Å². The second-order valence-corrected chi connectivity index (χ2v) is 10.4. The number of nitrogens with zero attached hydrogens (tertiary/aromatic N) is 4. The Morgan fingerprint density at radius 2 is 1.54 bits per heavy atom. The summed E-state index contributed by atoms with van der Waals surface area (Å²) < 4.78 is 32.4. The molecule has 0 bridgehead atoms. The van der Waals surface area contributed by atoms with E-state index < -0.39 is 34.0 Å². The molecule has 10 nitrogen and oxygen atoms in total. The van der Waals surface area contributed by atoms with Gasteiger partial charge in [-0.1, -0.05) is 35.9 Å². The zero-order valence-corrected chi connectivity index (χ0v) is 21.1. The summed E-state index contributed by atoms with van der Waals surface area (Å²) in [4.78, 5) is 25.4. The molecule has 1 N–H and O–H groups in total. The molecule has 0 unspecified atom stereocenters. The first-order valence-electron chi connectivity index (χ1n) is 11.5. The van der Waals surface area contributed by atoms with Crippen molar-refractivity contribution >= 4 is 33.3 Å². The molecule has 1 heterocycles. The van der Waals surface area contributed by atoms with Crippen LogP contribution in [-0.4, -0.2) is 60.6 Å². The van der Waals surface area contributed by atoms with E-state index in [2.05, 4.69) is 10.2 Å². The number of hydroxylamine groups is 2. The Morgan fingerprint density at radius 3 is 2.14 bits per heavy atom. The van der Waals surface area contributed by atoms with Crippen LogP contribution in [0.15, 0.2) is 94.0 Å². The molecule has 0 saturated carbocycles. The number of amides is 1. The van der Waals surface area contributed by atoms with Gasteiger partial charge < -0.3 is 4.74 Å². The third kappa shape index (κ3) is 5.74.